The van der Waals surface area contributed by atoms with E-state index in [0.717, 1.165) is 56.2 Å². The van der Waals surface area contributed by atoms with E-state index >= 15 is 0 Å². The van der Waals surface area contributed by atoms with E-state index in [9.17, 15) is 10.2 Å². The zero-order valence-electron chi connectivity index (χ0n) is 33.6. The van der Waals surface area contributed by atoms with Crippen LogP contribution in [0, 0.1) is 0 Å². The molecular weight excluding hydrogens is 797 g/mol. The fourth-order valence-corrected chi connectivity index (χ4v) is 12.2. The van der Waals surface area contributed by atoms with Gasteiger partial charge in [0, 0.05) is 38.9 Å². The minimum absolute atomic E-state index is 0.0539. The second-order valence-corrected chi connectivity index (χ2v) is 17.6. The summed E-state index contributed by atoms with van der Waals surface area (Å²) in [6.07, 6.45) is -1.85. The Morgan fingerprint density at radius 1 is 0.508 bits per heavy atom. The largest absolute Gasteiger partial charge is 0.595 e. The number of aliphatic imine (C=N–C) groups is 4. The molecule has 0 radical (unpaired) electrons. The molecule has 6 aliphatic heterocycles. The Morgan fingerprint density at radius 2 is 1.00 bits per heavy atom. The summed E-state index contributed by atoms with van der Waals surface area (Å²) < 4.78 is 42.0. The van der Waals surface area contributed by atoms with Crippen molar-refractivity contribution in [2.45, 2.75) is 24.7 Å². The molecule has 0 saturated heterocycles. The number of nitrogens with zero attached hydrogens (tertiary/aromatic N) is 6. The molecule has 6 aliphatic rings. The molecule has 0 amide bonds. The third-order valence-corrected chi connectivity index (χ3v) is 14.6. The Kier molecular flexibility index (Phi) is 11.6. The zero-order valence-corrected chi connectivity index (χ0v) is 34.6. The molecule has 61 heavy (non-hydrogen) atoms. The van der Waals surface area contributed by atoms with Crippen molar-refractivity contribution in [3.63, 3.8) is 0 Å². The number of aliphatic hydroxyl groups excluding tert-OH is 2. The molecule has 4 aromatic carbocycles. The number of ether oxygens (including phenoxy) is 4. The van der Waals surface area contributed by atoms with Gasteiger partial charge in [-0.05, 0) is 5.56 Å². The molecule has 10 rings (SSSR count). The van der Waals surface area contributed by atoms with Gasteiger partial charge >= 0.3 is 8.88 Å². The number of amidine groups is 4. The number of rotatable bonds is 18. The number of hydrogen-bond donors (Lipinski definition) is 4. The standard InChI is InChI=1S/C44H48N8O8Si/c53-17-19-55-21-23-57-25-27-59-61(60-28-26-58-24-22-56-20-18-54)51-41-33-13-5-7-15-35(33)43(51)50-44-36-16-8-6-14-34(36)42(52(44)61)49-40-32-12-4-2-10-30(32)38(47-40)45-37-29-9-1-3-11-31(29)39(46-37)48-41/h1-16,37-38,41,44-45,53-54H,17-28H2,(H,46,48). The van der Waals surface area contributed by atoms with E-state index in [1.807, 2.05) is 48.5 Å². The van der Waals surface area contributed by atoms with E-state index in [0.29, 0.717) is 38.1 Å². The molecule has 17 heteroatoms. The lowest BCUT2D eigenvalue weighted by atomic mass is 10.1. The second-order valence-electron chi connectivity index (χ2n) is 14.9. The summed E-state index contributed by atoms with van der Waals surface area (Å²) in [6.45, 7) is 2.53. The average Bonchev–Trinajstić information content (AvgIpc) is 4.02. The smallest absolute Gasteiger partial charge is 0.394 e. The highest BCUT2D eigenvalue weighted by Crippen LogP contribution is 2.51. The van der Waals surface area contributed by atoms with Crippen LogP contribution >= 0.6 is 0 Å². The lowest BCUT2D eigenvalue weighted by Crippen LogP contribution is -2.73. The highest BCUT2D eigenvalue weighted by atomic mass is 28.4. The molecule has 4 aromatic rings. The summed E-state index contributed by atoms with van der Waals surface area (Å²) in [7, 11) is -4.05. The molecule has 316 valence electrons. The predicted octanol–water partition coefficient (Wildman–Crippen LogP) is 3.15. The van der Waals surface area contributed by atoms with E-state index < -0.39 is 27.4 Å². The van der Waals surface area contributed by atoms with Gasteiger partial charge < -0.3 is 43.3 Å². The number of aliphatic hydroxyl groups is 2. The fourth-order valence-electron chi connectivity index (χ4n) is 8.78. The Morgan fingerprint density at radius 3 is 1.64 bits per heavy atom. The second kappa shape index (κ2) is 17.7. The maximum Gasteiger partial charge on any atom is 0.595 e. The summed E-state index contributed by atoms with van der Waals surface area (Å²) in [5.74, 6) is 2.68. The van der Waals surface area contributed by atoms with Crippen LogP contribution in [0.3, 0.4) is 0 Å². The van der Waals surface area contributed by atoms with Gasteiger partial charge in [0.05, 0.1) is 79.3 Å². The van der Waals surface area contributed by atoms with Gasteiger partial charge in [-0.1, -0.05) is 97.1 Å². The van der Waals surface area contributed by atoms with Gasteiger partial charge in [0.1, 0.15) is 42.2 Å². The van der Waals surface area contributed by atoms with E-state index in [2.05, 4.69) is 68.3 Å². The van der Waals surface area contributed by atoms with Crippen molar-refractivity contribution in [1.29, 1.82) is 0 Å². The fraction of sp³-hybridized carbons (Fsp3) is 0.364. The summed E-state index contributed by atoms with van der Waals surface area (Å²) in [6, 6.07) is 33.0. The van der Waals surface area contributed by atoms with Gasteiger partial charge in [0.15, 0.2) is 5.84 Å². The summed E-state index contributed by atoms with van der Waals surface area (Å²) in [5.41, 5.74) is 7.79. The molecule has 6 bridgehead atoms. The van der Waals surface area contributed by atoms with Crippen molar-refractivity contribution in [3.8, 4) is 0 Å². The topological polar surface area (TPSA) is 176 Å². The molecule has 16 nitrogen and oxygen atoms in total. The van der Waals surface area contributed by atoms with Crippen molar-refractivity contribution in [2.24, 2.45) is 20.0 Å². The van der Waals surface area contributed by atoms with Gasteiger partial charge in [0.25, 0.3) is 0 Å². The first kappa shape index (κ1) is 39.9. The van der Waals surface area contributed by atoms with Crippen molar-refractivity contribution >= 4 is 32.2 Å². The van der Waals surface area contributed by atoms with Crippen LogP contribution in [0.4, 0.5) is 0 Å². The Bertz CT molecular complexity index is 2360. The normalized spacial score (nSPS) is 22.9. The number of fused-ring (bicyclic) bond motifs is 15. The first-order chi connectivity index (χ1) is 30.2. The Balaban J connectivity index is 1.15. The van der Waals surface area contributed by atoms with E-state index in [1.165, 1.54) is 0 Å². The molecule has 4 N–H and O–H groups in total. The van der Waals surface area contributed by atoms with Crippen molar-refractivity contribution in [1.82, 2.24) is 19.8 Å². The van der Waals surface area contributed by atoms with Crippen LogP contribution in [0.15, 0.2) is 117 Å². The average molecular weight is 845 g/mol. The van der Waals surface area contributed by atoms with Crippen LogP contribution in [-0.2, 0) is 27.8 Å². The third kappa shape index (κ3) is 7.29. The first-order valence-electron chi connectivity index (χ1n) is 20.8. The van der Waals surface area contributed by atoms with E-state index in [-0.39, 0.29) is 59.0 Å². The molecule has 6 heterocycles. The van der Waals surface area contributed by atoms with E-state index in [4.69, 9.17) is 47.8 Å². The van der Waals surface area contributed by atoms with Gasteiger partial charge in [-0.15, -0.1) is 0 Å². The maximum atomic E-state index is 9.17. The van der Waals surface area contributed by atoms with Crippen molar-refractivity contribution < 1.29 is 38.0 Å². The van der Waals surface area contributed by atoms with Crippen LogP contribution < -0.4 is 10.6 Å². The number of nitrogens with one attached hydrogen (secondary N) is 2. The molecule has 0 aromatic heterocycles. The highest BCUT2D eigenvalue weighted by molar-refractivity contribution is 6.69. The van der Waals surface area contributed by atoms with E-state index in [1.54, 1.807) is 0 Å². The highest BCUT2D eigenvalue weighted by Gasteiger charge is 2.67. The quantitative estimate of drug-likeness (QED) is 0.0853. The molecule has 0 spiro atoms. The van der Waals surface area contributed by atoms with Gasteiger partial charge in [0.2, 0.25) is 0 Å². The van der Waals surface area contributed by atoms with Gasteiger partial charge in [-0.2, -0.15) is 0 Å². The predicted molar refractivity (Wildman–Crippen MR) is 228 cm³/mol. The van der Waals surface area contributed by atoms with Crippen LogP contribution in [-0.4, -0.2) is 131 Å². The van der Waals surface area contributed by atoms with Gasteiger partial charge in [-0.25, -0.2) is 20.0 Å². The summed E-state index contributed by atoms with van der Waals surface area (Å²) >= 11 is 0. The van der Waals surface area contributed by atoms with Crippen molar-refractivity contribution in [2.75, 3.05) is 79.3 Å². The monoisotopic (exact) mass is 844 g/mol. The molecular formula is C44H48N8O8Si. The lowest BCUT2D eigenvalue weighted by Gasteiger charge is -2.49. The Hall–Kier alpha value is -5.18. The maximum absolute atomic E-state index is 9.17. The van der Waals surface area contributed by atoms with Gasteiger partial charge in [-0.3, -0.25) is 14.4 Å². The molecule has 0 saturated carbocycles. The Labute approximate surface area is 354 Å². The molecule has 4 unspecified atom stereocenters. The molecule has 4 atom stereocenters. The molecule has 0 aliphatic carbocycles. The van der Waals surface area contributed by atoms with Crippen molar-refractivity contribution in [3.05, 3.63) is 142 Å². The van der Waals surface area contributed by atoms with Crippen LogP contribution in [0.5, 0.6) is 0 Å². The number of hydrogen-bond acceptors (Lipinski definition) is 16. The first-order valence-corrected chi connectivity index (χ1v) is 22.5. The summed E-state index contributed by atoms with van der Waals surface area (Å²) in [4.78, 5) is 22.0. The third-order valence-electron chi connectivity index (χ3n) is 11.4. The number of benzene rings is 4. The van der Waals surface area contributed by atoms with Crippen LogP contribution in [0.1, 0.15) is 69.2 Å². The molecule has 0 fully saturated rings. The SMILES string of the molecule is OCCOCCOCCO[Si]1(OCCOCCOCCO)N2C3=NC4=NC(NC5N/C(=N\C6c7ccccc7C(=NC2c2ccccc23)N61)c1ccccc15)c1ccccc14. The lowest BCUT2D eigenvalue weighted by molar-refractivity contribution is -0.00568. The summed E-state index contributed by atoms with van der Waals surface area (Å²) in [5, 5.41) is 25.9. The van der Waals surface area contributed by atoms with Crippen LogP contribution in [0.2, 0.25) is 0 Å². The van der Waals surface area contributed by atoms with Crippen LogP contribution in [0.25, 0.3) is 0 Å². The zero-order chi connectivity index (χ0) is 41.2. The minimum atomic E-state index is -4.05. The minimum Gasteiger partial charge on any atom is -0.394 e.